The van der Waals surface area contributed by atoms with Crippen LogP contribution in [0.5, 0.6) is 0 Å². The van der Waals surface area contributed by atoms with Gasteiger partial charge in [-0.25, -0.2) is 0 Å². The molecule has 0 bridgehead atoms. The maximum Gasteiger partial charge on any atom is 0.168 e. The highest BCUT2D eigenvalue weighted by atomic mass is 32.1. The van der Waals surface area contributed by atoms with Crippen molar-refractivity contribution in [1.82, 2.24) is 10.2 Å². The van der Waals surface area contributed by atoms with Crippen molar-refractivity contribution in [2.75, 3.05) is 13.6 Å². The lowest BCUT2D eigenvalue weighted by Crippen LogP contribution is -2.41. The molecule has 2 aliphatic rings. The lowest BCUT2D eigenvalue weighted by Gasteiger charge is -2.26. The van der Waals surface area contributed by atoms with Crippen molar-refractivity contribution < 1.29 is 0 Å². The minimum atomic E-state index is 0.768. The summed E-state index contributed by atoms with van der Waals surface area (Å²) in [6.07, 6.45) is 5.52. The van der Waals surface area contributed by atoms with Gasteiger partial charge >= 0.3 is 0 Å². The molecule has 0 aromatic carbocycles. The van der Waals surface area contributed by atoms with Gasteiger partial charge < -0.3 is 10.2 Å². The van der Waals surface area contributed by atoms with E-state index in [-0.39, 0.29) is 0 Å². The second-order valence-corrected chi connectivity index (χ2v) is 4.18. The Morgan fingerprint density at radius 3 is 2.75 bits per heavy atom. The number of nitrogens with one attached hydrogen (secondary N) is 1. The summed E-state index contributed by atoms with van der Waals surface area (Å²) >= 11 is 5.25. The molecule has 1 N–H and O–H groups in total. The molecule has 12 heavy (non-hydrogen) atoms. The van der Waals surface area contributed by atoms with Gasteiger partial charge in [0.1, 0.15) is 0 Å². The highest BCUT2D eigenvalue weighted by Crippen LogP contribution is 2.39. The third-order valence-corrected chi connectivity index (χ3v) is 3.38. The van der Waals surface area contributed by atoms with Crippen molar-refractivity contribution in [3.8, 4) is 0 Å². The molecule has 0 aromatic rings. The molecule has 0 radical (unpaired) electrons. The summed E-state index contributed by atoms with van der Waals surface area (Å²) < 4.78 is 0. The van der Waals surface area contributed by atoms with Gasteiger partial charge in [-0.1, -0.05) is 0 Å². The van der Waals surface area contributed by atoms with E-state index in [1.807, 2.05) is 7.05 Å². The Morgan fingerprint density at radius 2 is 2.17 bits per heavy atom. The van der Waals surface area contributed by atoms with Crippen molar-refractivity contribution in [2.24, 2.45) is 5.92 Å². The van der Waals surface area contributed by atoms with E-state index >= 15 is 0 Å². The molecule has 2 rings (SSSR count). The fourth-order valence-electron chi connectivity index (χ4n) is 2.16. The van der Waals surface area contributed by atoms with Gasteiger partial charge in [-0.3, -0.25) is 0 Å². The molecule has 0 spiro atoms. The minimum absolute atomic E-state index is 0.768. The van der Waals surface area contributed by atoms with E-state index in [1.165, 1.54) is 32.2 Å². The Hall–Kier alpha value is -0.310. The van der Waals surface area contributed by atoms with Crippen LogP contribution in [0.1, 0.15) is 25.7 Å². The smallest absolute Gasteiger partial charge is 0.168 e. The number of nitrogens with zero attached hydrogens (tertiary/aromatic N) is 1. The van der Waals surface area contributed by atoms with E-state index in [0.29, 0.717) is 0 Å². The Morgan fingerprint density at radius 1 is 1.42 bits per heavy atom. The number of likely N-dealkylation sites (tertiary alicyclic amines) is 1. The summed E-state index contributed by atoms with van der Waals surface area (Å²) in [5.41, 5.74) is 0. The van der Waals surface area contributed by atoms with Gasteiger partial charge in [0.15, 0.2) is 5.11 Å². The van der Waals surface area contributed by atoms with E-state index in [0.717, 1.165) is 17.1 Å². The Balaban J connectivity index is 1.98. The molecule has 1 unspecified atom stereocenters. The van der Waals surface area contributed by atoms with Crippen LogP contribution in [0.2, 0.25) is 0 Å². The maximum atomic E-state index is 5.25. The second-order valence-electron chi connectivity index (χ2n) is 3.80. The van der Waals surface area contributed by atoms with Crippen LogP contribution in [-0.4, -0.2) is 29.6 Å². The molecule has 1 saturated heterocycles. The van der Waals surface area contributed by atoms with E-state index in [2.05, 4.69) is 10.2 Å². The Bertz CT molecular complexity index is 189. The summed E-state index contributed by atoms with van der Waals surface area (Å²) in [5, 5.41) is 4.03. The van der Waals surface area contributed by atoms with Gasteiger partial charge in [0.2, 0.25) is 0 Å². The van der Waals surface area contributed by atoms with E-state index < -0.39 is 0 Å². The molecule has 1 aliphatic carbocycles. The topological polar surface area (TPSA) is 15.3 Å². The van der Waals surface area contributed by atoms with Crippen LogP contribution >= 0.6 is 12.2 Å². The maximum absolute atomic E-state index is 5.25. The van der Waals surface area contributed by atoms with Gasteiger partial charge in [0.25, 0.3) is 0 Å². The zero-order valence-electron chi connectivity index (χ0n) is 7.55. The number of thiocarbonyl (C=S) groups is 1. The summed E-state index contributed by atoms with van der Waals surface area (Å²) in [7, 11) is 1.92. The van der Waals surface area contributed by atoms with Crippen LogP contribution in [0.4, 0.5) is 0 Å². The monoisotopic (exact) mass is 184 g/mol. The molecule has 2 fully saturated rings. The van der Waals surface area contributed by atoms with Crippen molar-refractivity contribution in [2.45, 2.75) is 31.7 Å². The van der Waals surface area contributed by atoms with Gasteiger partial charge in [0.05, 0.1) is 0 Å². The summed E-state index contributed by atoms with van der Waals surface area (Å²) in [4.78, 5) is 2.38. The second kappa shape index (κ2) is 3.21. The average Bonchev–Trinajstić information content (AvgIpc) is 2.83. The molecule has 1 heterocycles. The molecule has 68 valence electrons. The molecule has 1 aliphatic heterocycles. The number of rotatable bonds is 1. The van der Waals surface area contributed by atoms with Gasteiger partial charge in [-0.2, -0.15) is 0 Å². The van der Waals surface area contributed by atoms with Crippen LogP contribution in [0.15, 0.2) is 0 Å². The normalized spacial score (nSPS) is 29.1. The third kappa shape index (κ3) is 1.42. The quantitative estimate of drug-likeness (QED) is 0.620. The highest BCUT2D eigenvalue weighted by Gasteiger charge is 2.38. The summed E-state index contributed by atoms with van der Waals surface area (Å²) in [5.74, 6) is 0.957. The molecule has 0 amide bonds. The summed E-state index contributed by atoms with van der Waals surface area (Å²) in [6.45, 7) is 1.17. The van der Waals surface area contributed by atoms with Crippen LogP contribution in [-0.2, 0) is 0 Å². The first-order valence-electron chi connectivity index (χ1n) is 4.81. The zero-order chi connectivity index (χ0) is 8.55. The molecule has 0 aromatic heterocycles. The van der Waals surface area contributed by atoms with Crippen LogP contribution in [0.25, 0.3) is 0 Å². The highest BCUT2D eigenvalue weighted by molar-refractivity contribution is 7.80. The first-order valence-corrected chi connectivity index (χ1v) is 5.22. The van der Waals surface area contributed by atoms with E-state index in [4.69, 9.17) is 12.2 Å². The minimum Gasteiger partial charge on any atom is -0.366 e. The fraction of sp³-hybridized carbons (Fsp3) is 0.889. The summed E-state index contributed by atoms with van der Waals surface area (Å²) in [6, 6.07) is 0.768. The molecule has 2 nitrogen and oxygen atoms in total. The van der Waals surface area contributed by atoms with E-state index in [1.54, 1.807) is 0 Å². The van der Waals surface area contributed by atoms with Crippen LogP contribution in [0, 0.1) is 5.92 Å². The van der Waals surface area contributed by atoms with E-state index in [9.17, 15) is 0 Å². The van der Waals surface area contributed by atoms with Gasteiger partial charge in [-0.15, -0.1) is 0 Å². The van der Waals surface area contributed by atoms with Crippen molar-refractivity contribution in [3.63, 3.8) is 0 Å². The van der Waals surface area contributed by atoms with Crippen molar-refractivity contribution in [1.29, 1.82) is 0 Å². The first-order chi connectivity index (χ1) is 5.83. The zero-order valence-corrected chi connectivity index (χ0v) is 8.36. The molecular formula is C9H16N2S. The fourth-order valence-corrected chi connectivity index (χ4v) is 2.39. The lowest BCUT2D eigenvalue weighted by atomic mass is 10.1. The Labute approximate surface area is 79.3 Å². The standard InChI is InChI=1S/C9H16N2S/c1-10-9(12)11-6-2-3-8(11)7-4-5-7/h7-8H,2-6H2,1H3,(H,10,12). The van der Waals surface area contributed by atoms with Crippen molar-refractivity contribution in [3.05, 3.63) is 0 Å². The molecule has 1 atom stereocenters. The molecular weight excluding hydrogens is 168 g/mol. The predicted molar refractivity (Wildman–Crippen MR) is 54.1 cm³/mol. The third-order valence-electron chi connectivity index (χ3n) is 2.94. The predicted octanol–water partition coefficient (Wildman–Crippen LogP) is 1.37. The van der Waals surface area contributed by atoms with Crippen LogP contribution in [0.3, 0.4) is 0 Å². The van der Waals surface area contributed by atoms with Crippen molar-refractivity contribution >= 4 is 17.3 Å². The Kier molecular flexibility index (Phi) is 2.22. The van der Waals surface area contributed by atoms with Gasteiger partial charge in [0, 0.05) is 19.6 Å². The first kappa shape index (κ1) is 8.30. The molecule has 3 heteroatoms. The SMILES string of the molecule is CNC(=S)N1CCCC1C1CC1. The van der Waals surface area contributed by atoms with Crippen LogP contribution < -0.4 is 5.32 Å². The number of hydrogen-bond donors (Lipinski definition) is 1. The largest absolute Gasteiger partial charge is 0.366 e. The average molecular weight is 184 g/mol. The van der Waals surface area contributed by atoms with Gasteiger partial charge in [-0.05, 0) is 43.8 Å². The molecule has 1 saturated carbocycles. The lowest BCUT2D eigenvalue weighted by molar-refractivity contribution is 0.350. The number of hydrogen-bond acceptors (Lipinski definition) is 1.